The number of carbonyl (C=O) groups is 6. The molecule has 14 nitrogen and oxygen atoms in total. The van der Waals surface area contributed by atoms with E-state index >= 15 is 0 Å². The molecule has 49 heavy (non-hydrogen) atoms. The van der Waals surface area contributed by atoms with Gasteiger partial charge in [-0.1, -0.05) is 64.4 Å². The fourth-order valence-electron chi connectivity index (χ4n) is 6.51. The Kier molecular flexibility index (Phi) is 11.1. The number of carbonyl (C=O) groups excluding carboxylic acids is 6. The first kappa shape index (κ1) is 35.6. The molecule has 14 heteroatoms. The van der Waals surface area contributed by atoms with Crippen molar-refractivity contribution < 1.29 is 28.8 Å². The van der Waals surface area contributed by atoms with Gasteiger partial charge in [0.2, 0.25) is 23.5 Å². The van der Waals surface area contributed by atoms with E-state index in [0.717, 1.165) is 19.3 Å². The van der Waals surface area contributed by atoms with Gasteiger partial charge in [-0.2, -0.15) is 0 Å². The summed E-state index contributed by atoms with van der Waals surface area (Å²) in [5, 5.41) is 14.5. The Morgan fingerprint density at radius 2 is 1.71 bits per heavy atom. The van der Waals surface area contributed by atoms with Gasteiger partial charge in [-0.15, -0.1) is 0 Å². The summed E-state index contributed by atoms with van der Waals surface area (Å²) < 4.78 is 0. The van der Waals surface area contributed by atoms with Crippen molar-refractivity contribution in [1.82, 2.24) is 41.5 Å². The van der Waals surface area contributed by atoms with Gasteiger partial charge in [0.05, 0.1) is 12.2 Å². The predicted octanol–water partition coefficient (Wildman–Crippen LogP) is 0.800. The van der Waals surface area contributed by atoms with Crippen molar-refractivity contribution in [2.24, 2.45) is 11.3 Å². The molecule has 5 amide bonds. The topological polar surface area (TPSA) is 192 Å². The third-order valence-electron chi connectivity index (χ3n) is 9.27. The van der Waals surface area contributed by atoms with Crippen LogP contribution in [0.25, 0.3) is 0 Å². The van der Waals surface area contributed by atoms with Crippen LogP contribution in [0.15, 0.2) is 48.9 Å². The van der Waals surface area contributed by atoms with Crippen LogP contribution in [-0.4, -0.2) is 93.5 Å². The molecule has 2 saturated heterocycles. The van der Waals surface area contributed by atoms with Crippen LogP contribution < -0.4 is 26.6 Å². The Labute approximate surface area is 286 Å². The Morgan fingerprint density at radius 1 is 0.980 bits per heavy atom. The van der Waals surface area contributed by atoms with Crippen LogP contribution in [0.2, 0.25) is 0 Å². The number of benzene rings is 1. The molecule has 3 heterocycles. The summed E-state index contributed by atoms with van der Waals surface area (Å²) in [6.07, 6.45) is 7.31. The Balaban J connectivity index is 1.37. The summed E-state index contributed by atoms with van der Waals surface area (Å²) in [7, 11) is 0. The van der Waals surface area contributed by atoms with Crippen LogP contribution in [0.5, 0.6) is 0 Å². The highest BCUT2D eigenvalue weighted by molar-refractivity contribution is 6.38. The lowest BCUT2D eigenvalue weighted by molar-refractivity contribution is -0.145. The minimum absolute atomic E-state index is 0.00724. The predicted molar refractivity (Wildman–Crippen MR) is 178 cm³/mol. The first-order valence-corrected chi connectivity index (χ1v) is 17.0. The molecule has 6 atom stereocenters. The maximum Gasteiger partial charge on any atom is 0.289 e. The number of ketones is 1. The van der Waals surface area contributed by atoms with Crippen LogP contribution >= 0.6 is 0 Å². The van der Waals surface area contributed by atoms with Gasteiger partial charge < -0.3 is 31.5 Å². The number of amides is 5. The van der Waals surface area contributed by atoms with Crippen molar-refractivity contribution >= 4 is 35.3 Å². The lowest BCUT2D eigenvalue weighted by Crippen LogP contribution is -2.62. The molecule has 262 valence electrons. The zero-order valence-electron chi connectivity index (χ0n) is 28.4. The van der Waals surface area contributed by atoms with Crippen molar-refractivity contribution in [2.45, 2.75) is 96.1 Å². The van der Waals surface area contributed by atoms with E-state index < -0.39 is 64.9 Å². The van der Waals surface area contributed by atoms with Gasteiger partial charge in [0, 0.05) is 31.0 Å². The first-order chi connectivity index (χ1) is 23.4. The van der Waals surface area contributed by atoms with E-state index in [9.17, 15) is 28.8 Å². The number of fused-ring (bicyclic) bond motifs is 1. The van der Waals surface area contributed by atoms with Crippen LogP contribution in [0, 0.1) is 11.3 Å². The van der Waals surface area contributed by atoms with Gasteiger partial charge in [-0.05, 0) is 49.1 Å². The number of likely N-dealkylation sites (tertiary alicyclic amines) is 1. The third-order valence-corrected chi connectivity index (χ3v) is 9.27. The number of aromatic nitrogens is 2. The van der Waals surface area contributed by atoms with Crippen LogP contribution in [0.3, 0.4) is 0 Å². The largest absolute Gasteiger partial charge is 0.347 e. The van der Waals surface area contributed by atoms with Gasteiger partial charge in [-0.25, -0.2) is 4.98 Å². The van der Waals surface area contributed by atoms with E-state index in [-0.39, 0.29) is 36.7 Å². The van der Waals surface area contributed by atoms with E-state index in [1.807, 2.05) is 27.7 Å². The van der Waals surface area contributed by atoms with Crippen LogP contribution in [0.4, 0.5) is 0 Å². The Hall–Kier alpha value is -4.72. The molecule has 0 unspecified atom stereocenters. The van der Waals surface area contributed by atoms with Gasteiger partial charge in [0.1, 0.15) is 23.8 Å². The van der Waals surface area contributed by atoms with Crippen molar-refractivity contribution in [1.29, 1.82) is 0 Å². The Bertz CT molecular complexity index is 1540. The zero-order valence-corrected chi connectivity index (χ0v) is 28.4. The van der Waals surface area contributed by atoms with E-state index in [2.05, 4.69) is 36.6 Å². The molecule has 5 N–H and O–H groups in total. The smallest absolute Gasteiger partial charge is 0.289 e. The zero-order chi connectivity index (χ0) is 35.3. The van der Waals surface area contributed by atoms with E-state index in [4.69, 9.17) is 0 Å². The molecule has 1 saturated carbocycles. The molecule has 1 aromatic carbocycles. The summed E-state index contributed by atoms with van der Waals surface area (Å²) in [4.78, 5) is 90.8. The molecule has 0 spiro atoms. The molecular formula is C35H46N8O6. The summed E-state index contributed by atoms with van der Waals surface area (Å²) >= 11 is 0. The summed E-state index contributed by atoms with van der Waals surface area (Å²) in [6, 6.07) is 4.02. The van der Waals surface area contributed by atoms with E-state index in [0.29, 0.717) is 18.5 Å². The molecule has 3 fully saturated rings. The van der Waals surface area contributed by atoms with Crippen LogP contribution in [-0.2, 0) is 24.0 Å². The second-order valence-corrected chi connectivity index (χ2v) is 14.1. The minimum atomic E-state index is -1.17. The molecule has 1 aliphatic carbocycles. The summed E-state index contributed by atoms with van der Waals surface area (Å²) in [6.45, 7) is 8.24. The fraction of sp³-hybridized carbons (Fsp3) is 0.543. The van der Waals surface area contributed by atoms with Crippen molar-refractivity contribution in [2.75, 3.05) is 13.1 Å². The number of Topliss-reactive ketones (excluding diaryl/α,β-unsaturated/α-hetero) is 1. The number of rotatable bonds is 13. The molecular weight excluding hydrogens is 628 g/mol. The standard InChI is InChI=1S/C35H46N8O6/c1-5-9-23(28(44)33(48)39-22-12-13-22)40-32(47)27-25-21(14-15-38-25)19-43(27)34(49)29(35(2,3)4)42-31(46)26(20-10-7-6-8-11-20)41-30(45)24-18-36-16-17-37-24/h6-8,10-11,16-18,21-23,25-27,29,38H,5,9,12-15,19H2,1-4H3,(H,39,48)(H,40,47)(H,41,45)(H,42,46)/t21-,23-,25-,26-,27-,29+/m0/s1. The van der Waals surface area contributed by atoms with Gasteiger partial charge in [0.25, 0.3) is 11.8 Å². The lowest BCUT2D eigenvalue weighted by Gasteiger charge is -2.37. The summed E-state index contributed by atoms with van der Waals surface area (Å²) in [5.41, 5.74) is -0.294. The second kappa shape index (κ2) is 15.2. The molecule has 3 aliphatic rings. The highest BCUT2D eigenvalue weighted by atomic mass is 16.2. The summed E-state index contributed by atoms with van der Waals surface area (Å²) in [5.74, 6) is -3.67. The van der Waals surface area contributed by atoms with Gasteiger partial charge >= 0.3 is 0 Å². The van der Waals surface area contributed by atoms with E-state index in [1.165, 1.54) is 23.5 Å². The average Bonchev–Trinajstić information content (AvgIpc) is 3.65. The first-order valence-electron chi connectivity index (χ1n) is 17.0. The molecule has 2 aromatic rings. The minimum Gasteiger partial charge on any atom is -0.347 e. The number of nitrogens with zero attached hydrogens (tertiary/aromatic N) is 3. The SMILES string of the molecule is CCC[C@H](NC(=O)[C@@H]1[C@H]2NCC[C@H]2CN1C(=O)[C@@H](NC(=O)[C@@H](NC(=O)c1cnccn1)c1ccccc1)C(C)(C)C)C(=O)C(=O)NC1CC1. The molecule has 0 radical (unpaired) electrons. The maximum atomic E-state index is 14.5. The van der Waals surface area contributed by atoms with Crippen molar-refractivity contribution in [3.05, 3.63) is 60.2 Å². The average molecular weight is 675 g/mol. The van der Waals surface area contributed by atoms with Crippen molar-refractivity contribution in [3.63, 3.8) is 0 Å². The number of hydrogen-bond acceptors (Lipinski definition) is 9. The van der Waals surface area contributed by atoms with E-state index in [1.54, 1.807) is 30.3 Å². The number of nitrogens with one attached hydrogen (secondary N) is 5. The molecule has 0 bridgehead atoms. The van der Waals surface area contributed by atoms with Gasteiger partial charge in [0.15, 0.2) is 0 Å². The monoisotopic (exact) mass is 674 g/mol. The normalized spacial score (nSPS) is 21.9. The highest BCUT2D eigenvalue weighted by Gasteiger charge is 2.52. The highest BCUT2D eigenvalue weighted by Crippen LogP contribution is 2.33. The lowest BCUT2D eigenvalue weighted by atomic mass is 9.85. The number of hydrogen-bond donors (Lipinski definition) is 5. The molecule has 1 aromatic heterocycles. The second-order valence-electron chi connectivity index (χ2n) is 14.1. The van der Waals surface area contributed by atoms with Crippen molar-refractivity contribution in [3.8, 4) is 0 Å². The molecule has 2 aliphatic heterocycles. The molecule has 5 rings (SSSR count). The quantitative estimate of drug-likeness (QED) is 0.191. The van der Waals surface area contributed by atoms with Crippen LogP contribution in [0.1, 0.15) is 81.9 Å². The maximum absolute atomic E-state index is 14.5. The fourth-order valence-corrected chi connectivity index (χ4v) is 6.51. The third kappa shape index (κ3) is 8.48. The van der Waals surface area contributed by atoms with Gasteiger partial charge in [-0.3, -0.25) is 33.8 Å². The Morgan fingerprint density at radius 3 is 2.35 bits per heavy atom.